The van der Waals surface area contributed by atoms with E-state index in [2.05, 4.69) is 9.97 Å². The minimum absolute atomic E-state index is 0. The molecule has 0 spiro atoms. The summed E-state index contributed by atoms with van der Waals surface area (Å²) in [6, 6.07) is 7.17. The van der Waals surface area contributed by atoms with E-state index in [4.69, 9.17) is 5.73 Å². The van der Waals surface area contributed by atoms with Gasteiger partial charge in [-0.05, 0) is 23.8 Å². The Morgan fingerprint density at radius 2 is 1.87 bits per heavy atom. The molecule has 0 atom stereocenters. The van der Waals surface area contributed by atoms with Crippen LogP contribution in [0.25, 0.3) is 11.1 Å². The fourth-order valence-electron chi connectivity index (χ4n) is 1.25. The highest BCUT2D eigenvalue weighted by Gasteiger charge is 2.02. The molecule has 2 aromatic rings. The number of carbonyl (C=O) groups is 1. The summed E-state index contributed by atoms with van der Waals surface area (Å²) in [5, 5.41) is 0. The van der Waals surface area contributed by atoms with E-state index in [1.165, 1.54) is 0 Å². The normalized spacial score (nSPS) is 9.87. The van der Waals surface area contributed by atoms with Gasteiger partial charge in [0.2, 0.25) is 0 Å². The summed E-state index contributed by atoms with van der Waals surface area (Å²) >= 11 is 0. The van der Waals surface area contributed by atoms with E-state index in [0.29, 0.717) is 0 Å². The molecule has 0 fully saturated rings. The van der Waals surface area contributed by atoms with E-state index in [9.17, 15) is 4.79 Å². The van der Waals surface area contributed by atoms with E-state index in [-0.39, 0.29) is 7.12 Å². The highest BCUT2D eigenvalue weighted by Crippen LogP contribution is 2.16. The van der Waals surface area contributed by atoms with Gasteiger partial charge in [0.05, 0.1) is 0 Å². The molecule has 1 amide bonds. The molecule has 0 aliphatic heterocycles. The monoisotopic (exact) mass is 200 g/mol. The van der Waals surface area contributed by atoms with Crippen molar-refractivity contribution in [3.63, 3.8) is 0 Å². The third-order valence-corrected chi connectivity index (χ3v) is 2.03. The zero-order chi connectivity index (χ0) is 10.7. The van der Waals surface area contributed by atoms with Crippen LogP contribution in [0.2, 0.25) is 0 Å². The highest BCUT2D eigenvalue weighted by molar-refractivity contribution is 5.91. The molecule has 2 heterocycles. The molecule has 0 aliphatic carbocycles. The fraction of sp³-hybridized carbons (Fsp3) is 0. The van der Waals surface area contributed by atoms with Crippen LogP contribution in [0.1, 0.15) is 11.9 Å². The first-order valence-electron chi connectivity index (χ1n) is 4.43. The van der Waals surface area contributed by atoms with Gasteiger partial charge in [0.1, 0.15) is 5.69 Å². The number of nitrogens with zero attached hydrogens (tertiary/aromatic N) is 2. The van der Waals surface area contributed by atoms with Crippen LogP contribution in [0.3, 0.4) is 0 Å². The first-order valence-corrected chi connectivity index (χ1v) is 4.43. The minimum Gasteiger partial charge on any atom is -0.364 e. The Labute approximate surface area is 88.3 Å². The molecule has 0 unspecified atom stereocenters. The van der Waals surface area contributed by atoms with Gasteiger partial charge in [-0.25, -0.2) is 0 Å². The molecule has 4 nitrogen and oxygen atoms in total. The van der Waals surface area contributed by atoms with Crippen LogP contribution in [-0.2, 0) is 0 Å². The van der Waals surface area contributed by atoms with E-state index in [1.54, 1.807) is 24.7 Å². The van der Waals surface area contributed by atoms with E-state index in [0.717, 1.165) is 11.1 Å². The summed E-state index contributed by atoms with van der Waals surface area (Å²) in [5.74, 6) is -0.517. The van der Waals surface area contributed by atoms with Crippen LogP contribution in [0, 0.1) is 0 Å². The predicted molar refractivity (Wildman–Crippen MR) is 57.1 cm³/mol. The van der Waals surface area contributed by atoms with Crippen LogP contribution >= 0.6 is 0 Å². The van der Waals surface area contributed by atoms with Crippen molar-refractivity contribution in [1.82, 2.24) is 9.97 Å². The number of primary amides is 1. The fourth-order valence-corrected chi connectivity index (χ4v) is 1.25. The van der Waals surface area contributed by atoms with Crippen molar-refractivity contribution in [1.29, 1.82) is 0 Å². The third-order valence-electron chi connectivity index (χ3n) is 2.03. The second-order valence-corrected chi connectivity index (χ2v) is 3.03. The lowest BCUT2D eigenvalue weighted by Gasteiger charge is -2.00. The van der Waals surface area contributed by atoms with Crippen LogP contribution in [0.4, 0.5) is 0 Å². The quantitative estimate of drug-likeness (QED) is 0.795. The number of amides is 1. The molecule has 0 radical (unpaired) electrons. The van der Waals surface area contributed by atoms with Crippen molar-refractivity contribution in [3.05, 3.63) is 48.5 Å². The maximum Gasteiger partial charge on any atom is 1.00 e. The largest absolute Gasteiger partial charge is 1.00 e. The maximum atomic E-state index is 10.8. The Balaban J connectivity index is 0.00000128. The molecule has 0 bridgehead atoms. The smallest absolute Gasteiger partial charge is 0.364 e. The summed E-state index contributed by atoms with van der Waals surface area (Å²) in [6.07, 6.45) is 5.03. The summed E-state index contributed by atoms with van der Waals surface area (Å²) in [6.45, 7) is 0. The van der Waals surface area contributed by atoms with Crippen LogP contribution in [0.15, 0.2) is 42.9 Å². The van der Waals surface area contributed by atoms with Crippen molar-refractivity contribution in [2.45, 2.75) is 0 Å². The summed E-state index contributed by atoms with van der Waals surface area (Å²) in [4.78, 5) is 18.7. The average Bonchev–Trinajstić information content (AvgIpc) is 2.30. The SMILES string of the molecule is NC(=O)c1ccc(-c2ccncc2)cn1.[H+]. The highest BCUT2D eigenvalue weighted by atomic mass is 16.1. The Morgan fingerprint density at radius 3 is 2.40 bits per heavy atom. The van der Waals surface area contributed by atoms with E-state index >= 15 is 0 Å². The van der Waals surface area contributed by atoms with Gasteiger partial charge in [0, 0.05) is 24.2 Å². The summed E-state index contributed by atoms with van der Waals surface area (Å²) in [5.41, 5.74) is 7.30. The lowest BCUT2D eigenvalue weighted by atomic mass is 10.1. The molecular formula is C11H10N3O+. The van der Waals surface area contributed by atoms with Gasteiger partial charge in [-0.2, -0.15) is 0 Å². The molecule has 2 N–H and O–H groups in total. The van der Waals surface area contributed by atoms with E-state index < -0.39 is 5.91 Å². The number of aromatic nitrogens is 2. The Kier molecular flexibility index (Phi) is 2.41. The molecule has 0 aromatic carbocycles. The zero-order valence-electron chi connectivity index (χ0n) is 8.92. The lowest BCUT2D eigenvalue weighted by Crippen LogP contribution is -2.12. The molecular weight excluding hydrogens is 190 g/mol. The van der Waals surface area contributed by atoms with Crippen molar-refractivity contribution in [2.75, 3.05) is 0 Å². The number of carbonyl (C=O) groups excluding carboxylic acids is 1. The van der Waals surface area contributed by atoms with Crippen LogP contribution in [-0.4, -0.2) is 15.9 Å². The summed E-state index contributed by atoms with van der Waals surface area (Å²) in [7, 11) is 0. The predicted octanol–water partition coefficient (Wildman–Crippen LogP) is 1.35. The Morgan fingerprint density at radius 1 is 1.13 bits per heavy atom. The molecule has 2 aromatic heterocycles. The van der Waals surface area contributed by atoms with Crippen LogP contribution in [0.5, 0.6) is 0 Å². The minimum atomic E-state index is -0.517. The van der Waals surface area contributed by atoms with Gasteiger partial charge >= 0.3 is 1.43 Å². The maximum absolute atomic E-state index is 10.8. The third kappa shape index (κ3) is 1.99. The molecule has 2 rings (SSSR count). The second kappa shape index (κ2) is 3.88. The van der Waals surface area contributed by atoms with E-state index in [1.807, 2.05) is 18.2 Å². The van der Waals surface area contributed by atoms with Crippen molar-refractivity contribution in [3.8, 4) is 11.1 Å². The molecule has 4 heteroatoms. The first kappa shape index (κ1) is 9.33. The number of rotatable bonds is 2. The second-order valence-electron chi connectivity index (χ2n) is 3.03. The summed E-state index contributed by atoms with van der Waals surface area (Å²) < 4.78 is 0. The van der Waals surface area contributed by atoms with Gasteiger partial charge in [-0.15, -0.1) is 0 Å². The Bertz CT molecular complexity index is 470. The van der Waals surface area contributed by atoms with Crippen molar-refractivity contribution >= 4 is 5.91 Å². The van der Waals surface area contributed by atoms with Gasteiger partial charge in [-0.1, -0.05) is 6.07 Å². The van der Waals surface area contributed by atoms with Crippen LogP contribution < -0.4 is 5.73 Å². The molecule has 0 aliphatic rings. The number of pyridine rings is 2. The van der Waals surface area contributed by atoms with Crippen molar-refractivity contribution in [2.24, 2.45) is 5.73 Å². The van der Waals surface area contributed by atoms with Gasteiger partial charge in [0.25, 0.3) is 5.91 Å². The molecule has 74 valence electrons. The standard InChI is InChI=1S/C11H9N3O/c12-11(15)10-2-1-9(7-14-10)8-3-5-13-6-4-8/h1-7H,(H2,12,15)/p+1. The molecule has 15 heavy (non-hydrogen) atoms. The van der Waals surface area contributed by atoms with Gasteiger partial charge < -0.3 is 5.73 Å². The Hall–Kier alpha value is -2.23. The lowest BCUT2D eigenvalue weighted by molar-refractivity contribution is 0.0995. The topological polar surface area (TPSA) is 68.9 Å². The number of hydrogen-bond donors (Lipinski definition) is 1. The number of nitrogens with two attached hydrogens (primary N) is 1. The number of hydrogen-bond acceptors (Lipinski definition) is 3. The first-order chi connectivity index (χ1) is 7.27. The van der Waals surface area contributed by atoms with Gasteiger partial charge in [-0.3, -0.25) is 14.8 Å². The zero-order valence-corrected chi connectivity index (χ0v) is 7.92. The molecule has 0 saturated carbocycles. The average molecular weight is 200 g/mol. The van der Waals surface area contributed by atoms with Gasteiger partial charge in [0.15, 0.2) is 0 Å². The molecule has 0 saturated heterocycles. The van der Waals surface area contributed by atoms with Crippen molar-refractivity contribution < 1.29 is 6.22 Å².